The molecule has 0 spiro atoms. The molecule has 3 rings (SSSR count). The zero-order chi connectivity index (χ0) is 14.8. The lowest BCUT2D eigenvalue weighted by atomic mass is 10.2. The van der Waals surface area contributed by atoms with Crippen LogP contribution in [-0.2, 0) is 11.3 Å². The Morgan fingerprint density at radius 3 is 2.57 bits per heavy atom. The standard InChI is InChI=1S/C15H14Br2N2O2/c16-13-8-12(21-15(13)17)9-18-10-3-5-11(6-4-10)19-7-1-2-14(19)20/h3-6,8,18H,1-2,7,9H2. The zero-order valence-corrected chi connectivity index (χ0v) is 14.4. The molecular formula is C15H14Br2N2O2. The first-order valence-electron chi connectivity index (χ1n) is 6.71. The van der Waals surface area contributed by atoms with Gasteiger partial charge in [-0.2, -0.15) is 0 Å². The molecule has 0 unspecified atom stereocenters. The summed E-state index contributed by atoms with van der Waals surface area (Å²) in [6.07, 6.45) is 1.60. The fourth-order valence-electron chi connectivity index (χ4n) is 2.35. The number of anilines is 2. The second-order valence-corrected chi connectivity index (χ2v) is 6.46. The van der Waals surface area contributed by atoms with Crippen molar-refractivity contribution in [2.75, 3.05) is 16.8 Å². The van der Waals surface area contributed by atoms with E-state index in [2.05, 4.69) is 37.2 Å². The molecule has 21 heavy (non-hydrogen) atoms. The third kappa shape index (κ3) is 3.32. The van der Waals surface area contributed by atoms with Gasteiger partial charge in [-0.3, -0.25) is 4.79 Å². The van der Waals surface area contributed by atoms with Crippen molar-refractivity contribution < 1.29 is 9.21 Å². The molecule has 2 aromatic rings. The number of furan rings is 1. The minimum atomic E-state index is 0.209. The number of rotatable bonds is 4. The van der Waals surface area contributed by atoms with Gasteiger partial charge in [0, 0.05) is 24.3 Å². The molecule has 0 atom stereocenters. The number of amides is 1. The van der Waals surface area contributed by atoms with Gasteiger partial charge < -0.3 is 14.6 Å². The van der Waals surface area contributed by atoms with Gasteiger partial charge in [0.25, 0.3) is 0 Å². The Hall–Kier alpha value is -1.27. The van der Waals surface area contributed by atoms with Crippen LogP contribution < -0.4 is 10.2 Å². The van der Waals surface area contributed by atoms with Crippen LogP contribution in [0.4, 0.5) is 11.4 Å². The predicted molar refractivity (Wildman–Crippen MR) is 89.5 cm³/mol. The third-order valence-electron chi connectivity index (χ3n) is 3.42. The van der Waals surface area contributed by atoms with Gasteiger partial charge in [-0.15, -0.1) is 0 Å². The van der Waals surface area contributed by atoms with Crippen LogP contribution in [0.3, 0.4) is 0 Å². The van der Waals surface area contributed by atoms with Gasteiger partial charge in [0.15, 0.2) is 4.67 Å². The molecule has 0 aliphatic carbocycles. The van der Waals surface area contributed by atoms with Crippen molar-refractivity contribution in [2.45, 2.75) is 19.4 Å². The molecule has 1 amide bonds. The summed E-state index contributed by atoms with van der Waals surface area (Å²) in [5.41, 5.74) is 1.96. The van der Waals surface area contributed by atoms with Crippen LogP contribution >= 0.6 is 31.9 Å². The number of carbonyl (C=O) groups is 1. The average Bonchev–Trinajstić information content (AvgIpc) is 3.04. The SMILES string of the molecule is O=C1CCCN1c1ccc(NCc2cc(Br)c(Br)o2)cc1. The number of hydrogen-bond donors (Lipinski definition) is 1. The Labute approximate surface area is 139 Å². The summed E-state index contributed by atoms with van der Waals surface area (Å²) in [7, 11) is 0. The van der Waals surface area contributed by atoms with Crippen molar-refractivity contribution in [3.63, 3.8) is 0 Å². The van der Waals surface area contributed by atoms with Crippen LogP contribution in [0, 0.1) is 0 Å². The number of hydrogen-bond acceptors (Lipinski definition) is 3. The first-order chi connectivity index (χ1) is 10.1. The number of halogens is 2. The monoisotopic (exact) mass is 412 g/mol. The highest BCUT2D eigenvalue weighted by Crippen LogP contribution is 2.27. The first kappa shape index (κ1) is 14.7. The quantitative estimate of drug-likeness (QED) is 0.799. The molecule has 2 heterocycles. The van der Waals surface area contributed by atoms with Gasteiger partial charge in [0.2, 0.25) is 5.91 Å². The Kier molecular flexibility index (Phi) is 4.35. The van der Waals surface area contributed by atoms with Gasteiger partial charge in [0.1, 0.15) is 5.76 Å². The number of benzene rings is 1. The maximum absolute atomic E-state index is 11.7. The fourth-order valence-corrected chi connectivity index (χ4v) is 3.01. The van der Waals surface area contributed by atoms with E-state index < -0.39 is 0 Å². The minimum absolute atomic E-state index is 0.209. The van der Waals surface area contributed by atoms with E-state index in [4.69, 9.17) is 4.42 Å². The second kappa shape index (κ2) is 6.23. The van der Waals surface area contributed by atoms with Crippen LogP contribution in [0.1, 0.15) is 18.6 Å². The van der Waals surface area contributed by atoms with Gasteiger partial charge >= 0.3 is 0 Å². The Balaban J connectivity index is 1.63. The van der Waals surface area contributed by atoms with E-state index in [0.717, 1.165) is 34.6 Å². The third-order valence-corrected chi connectivity index (χ3v) is 5.13. The van der Waals surface area contributed by atoms with Crippen molar-refractivity contribution in [3.8, 4) is 0 Å². The van der Waals surface area contributed by atoms with E-state index >= 15 is 0 Å². The van der Waals surface area contributed by atoms with Crippen LogP contribution in [0.15, 0.2) is 43.9 Å². The van der Waals surface area contributed by atoms with Crippen LogP contribution in [0.25, 0.3) is 0 Å². The highest BCUT2D eigenvalue weighted by Gasteiger charge is 2.21. The van der Waals surface area contributed by atoms with E-state index in [1.807, 2.05) is 35.2 Å². The van der Waals surface area contributed by atoms with Crippen molar-refractivity contribution >= 4 is 49.1 Å². The average molecular weight is 414 g/mol. The Morgan fingerprint density at radius 2 is 2.00 bits per heavy atom. The van der Waals surface area contributed by atoms with Crippen molar-refractivity contribution in [1.82, 2.24) is 0 Å². The van der Waals surface area contributed by atoms with Crippen molar-refractivity contribution in [2.24, 2.45) is 0 Å². The molecule has 1 aromatic heterocycles. The van der Waals surface area contributed by atoms with Crippen LogP contribution in [0.2, 0.25) is 0 Å². The molecule has 0 radical (unpaired) electrons. The molecule has 0 saturated carbocycles. The van der Waals surface area contributed by atoms with E-state index in [9.17, 15) is 4.79 Å². The summed E-state index contributed by atoms with van der Waals surface area (Å²) in [4.78, 5) is 13.5. The molecule has 1 aliphatic rings. The lowest BCUT2D eigenvalue weighted by Crippen LogP contribution is -2.23. The smallest absolute Gasteiger partial charge is 0.227 e. The largest absolute Gasteiger partial charge is 0.451 e. The fraction of sp³-hybridized carbons (Fsp3) is 0.267. The summed E-state index contributed by atoms with van der Waals surface area (Å²) in [6, 6.07) is 9.83. The molecule has 1 aromatic carbocycles. The van der Waals surface area contributed by atoms with Crippen LogP contribution in [0.5, 0.6) is 0 Å². The van der Waals surface area contributed by atoms with E-state index in [1.165, 1.54) is 0 Å². The van der Waals surface area contributed by atoms with Crippen molar-refractivity contribution in [1.29, 1.82) is 0 Å². The van der Waals surface area contributed by atoms with Crippen LogP contribution in [-0.4, -0.2) is 12.5 Å². The lowest BCUT2D eigenvalue weighted by Gasteiger charge is -2.16. The number of nitrogens with zero attached hydrogens (tertiary/aromatic N) is 1. The summed E-state index contributed by atoms with van der Waals surface area (Å²) in [6.45, 7) is 1.42. The Bertz CT molecular complexity index is 633. The number of carbonyl (C=O) groups excluding carboxylic acids is 1. The molecule has 4 nitrogen and oxygen atoms in total. The van der Waals surface area contributed by atoms with E-state index in [-0.39, 0.29) is 5.91 Å². The molecule has 6 heteroatoms. The van der Waals surface area contributed by atoms with Gasteiger partial charge in [0.05, 0.1) is 11.0 Å². The summed E-state index contributed by atoms with van der Waals surface area (Å²) in [5, 5.41) is 3.29. The minimum Gasteiger partial charge on any atom is -0.451 e. The molecular weight excluding hydrogens is 400 g/mol. The molecule has 1 N–H and O–H groups in total. The molecule has 0 bridgehead atoms. The zero-order valence-electron chi connectivity index (χ0n) is 11.2. The highest BCUT2D eigenvalue weighted by atomic mass is 79.9. The van der Waals surface area contributed by atoms with Gasteiger partial charge in [-0.25, -0.2) is 0 Å². The van der Waals surface area contributed by atoms with Gasteiger partial charge in [-0.1, -0.05) is 0 Å². The summed E-state index contributed by atoms with van der Waals surface area (Å²) >= 11 is 6.71. The van der Waals surface area contributed by atoms with Gasteiger partial charge in [-0.05, 0) is 68.6 Å². The van der Waals surface area contributed by atoms with E-state index in [0.29, 0.717) is 17.6 Å². The molecule has 1 saturated heterocycles. The predicted octanol–water partition coefficient (Wildman–Crippen LogP) is 4.54. The molecule has 110 valence electrons. The summed E-state index contributed by atoms with van der Waals surface area (Å²) < 4.78 is 7.11. The normalized spacial score (nSPS) is 14.8. The Morgan fingerprint density at radius 1 is 1.24 bits per heavy atom. The van der Waals surface area contributed by atoms with Crippen molar-refractivity contribution in [3.05, 3.63) is 45.2 Å². The molecule has 1 fully saturated rings. The second-order valence-electron chi connectivity index (χ2n) is 4.88. The number of nitrogens with one attached hydrogen (secondary N) is 1. The lowest BCUT2D eigenvalue weighted by molar-refractivity contribution is -0.117. The topological polar surface area (TPSA) is 45.5 Å². The maximum Gasteiger partial charge on any atom is 0.227 e. The maximum atomic E-state index is 11.7. The highest BCUT2D eigenvalue weighted by molar-refractivity contribution is 9.13. The molecule has 1 aliphatic heterocycles. The van der Waals surface area contributed by atoms with E-state index in [1.54, 1.807) is 0 Å². The summed E-state index contributed by atoms with van der Waals surface area (Å²) in [5.74, 6) is 1.05. The first-order valence-corrected chi connectivity index (χ1v) is 8.30.